The van der Waals surface area contributed by atoms with Crippen molar-refractivity contribution in [3.63, 3.8) is 0 Å². The number of anilines is 1. The van der Waals surface area contributed by atoms with Gasteiger partial charge >= 0.3 is 5.97 Å². The summed E-state index contributed by atoms with van der Waals surface area (Å²) in [6, 6.07) is 6.79. The van der Waals surface area contributed by atoms with Gasteiger partial charge in [-0.15, -0.1) is 11.3 Å². The van der Waals surface area contributed by atoms with Crippen LogP contribution in [0.15, 0.2) is 35.7 Å². The van der Waals surface area contributed by atoms with Gasteiger partial charge in [0, 0.05) is 16.6 Å². The van der Waals surface area contributed by atoms with Crippen LogP contribution >= 0.6 is 22.9 Å². The minimum absolute atomic E-state index is 0.376. The summed E-state index contributed by atoms with van der Waals surface area (Å²) in [6.45, 7) is 1.57. The number of benzene rings is 1. The molecule has 0 bridgehead atoms. The Kier molecular flexibility index (Phi) is 6.40. The standard InChI is InChI=1S/C17H16ClNO4S/c1-11-7-8-24-15(11)5-6-17(21)23-10-16(20)19-12-3-4-14(22-2)13(18)9-12/h3-9H,10H2,1-2H3,(H,19,20)/b6-5+. The molecular weight excluding hydrogens is 350 g/mol. The van der Waals surface area contributed by atoms with Crippen LogP contribution in [-0.2, 0) is 14.3 Å². The number of thiophene rings is 1. The summed E-state index contributed by atoms with van der Waals surface area (Å²) in [6.07, 6.45) is 2.97. The third-order valence-corrected chi connectivity index (χ3v) is 4.33. The van der Waals surface area contributed by atoms with E-state index in [-0.39, 0.29) is 6.61 Å². The average molecular weight is 366 g/mol. The number of esters is 1. The van der Waals surface area contributed by atoms with Crippen molar-refractivity contribution in [2.24, 2.45) is 0 Å². The molecule has 0 fully saturated rings. The van der Waals surface area contributed by atoms with E-state index in [9.17, 15) is 9.59 Å². The molecule has 1 aromatic carbocycles. The summed E-state index contributed by atoms with van der Waals surface area (Å²) in [7, 11) is 1.50. The number of rotatable bonds is 6. The van der Waals surface area contributed by atoms with E-state index in [4.69, 9.17) is 21.1 Å². The van der Waals surface area contributed by atoms with Gasteiger partial charge in [0.2, 0.25) is 0 Å². The van der Waals surface area contributed by atoms with Crippen molar-refractivity contribution in [2.45, 2.75) is 6.92 Å². The molecule has 0 atom stereocenters. The van der Waals surface area contributed by atoms with Crippen molar-refractivity contribution in [3.8, 4) is 5.75 Å². The molecule has 24 heavy (non-hydrogen) atoms. The van der Waals surface area contributed by atoms with E-state index in [1.165, 1.54) is 24.5 Å². The van der Waals surface area contributed by atoms with Gasteiger partial charge in [0.15, 0.2) is 6.61 Å². The molecule has 0 aliphatic heterocycles. The van der Waals surface area contributed by atoms with Crippen molar-refractivity contribution in [1.82, 2.24) is 0 Å². The fraction of sp³-hybridized carbons (Fsp3) is 0.176. The van der Waals surface area contributed by atoms with E-state index in [1.807, 2.05) is 18.4 Å². The van der Waals surface area contributed by atoms with Crippen LogP contribution in [-0.4, -0.2) is 25.6 Å². The molecule has 0 aliphatic carbocycles. The fourth-order valence-electron chi connectivity index (χ4n) is 1.82. The van der Waals surface area contributed by atoms with E-state index in [0.29, 0.717) is 16.5 Å². The zero-order valence-electron chi connectivity index (χ0n) is 13.2. The van der Waals surface area contributed by atoms with E-state index in [1.54, 1.807) is 24.3 Å². The summed E-state index contributed by atoms with van der Waals surface area (Å²) in [5, 5.41) is 4.90. The van der Waals surface area contributed by atoms with Gasteiger partial charge in [-0.3, -0.25) is 4.79 Å². The first-order valence-corrected chi connectivity index (χ1v) is 8.27. The summed E-state index contributed by atoms with van der Waals surface area (Å²) in [5.41, 5.74) is 1.57. The molecule has 5 nitrogen and oxygen atoms in total. The SMILES string of the molecule is COc1ccc(NC(=O)COC(=O)/C=C/c2sccc2C)cc1Cl. The summed E-state index contributed by atoms with van der Waals surface area (Å²) >= 11 is 7.50. The summed E-state index contributed by atoms with van der Waals surface area (Å²) < 4.78 is 9.93. The van der Waals surface area contributed by atoms with E-state index >= 15 is 0 Å². The monoisotopic (exact) mass is 365 g/mol. The highest BCUT2D eigenvalue weighted by molar-refractivity contribution is 7.11. The number of methoxy groups -OCH3 is 1. The van der Waals surface area contributed by atoms with Crippen LogP contribution in [0.1, 0.15) is 10.4 Å². The van der Waals surface area contributed by atoms with Crippen LogP contribution in [0.2, 0.25) is 5.02 Å². The zero-order chi connectivity index (χ0) is 17.5. The first-order chi connectivity index (χ1) is 11.5. The topological polar surface area (TPSA) is 64.6 Å². The molecule has 0 saturated heterocycles. The van der Waals surface area contributed by atoms with Gasteiger partial charge in [-0.25, -0.2) is 4.79 Å². The molecule has 0 saturated carbocycles. The Labute approximate surface area is 148 Å². The number of amides is 1. The fourth-order valence-corrected chi connectivity index (χ4v) is 2.90. The Morgan fingerprint density at radius 1 is 1.33 bits per heavy atom. The number of halogens is 1. The Bertz CT molecular complexity index is 770. The molecule has 0 aliphatic rings. The number of ether oxygens (including phenoxy) is 2. The Hall–Kier alpha value is -2.31. The molecule has 1 N–H and O–H groups in total. The third-order valence-electron chi connectivity index (χ3n) is 3.05. The van der Waals surface area contributed by atoms with Crippen LogP contribution in [0.4, 0.5) is 5.69 Å². The van der Waals surface area contributed by atoms with Crippen LogP contribution < -0.4 is 10.1 Å². The van der Waals surface area contributed by atoms with E-state index < -0.39 is 11.9 Å². The lowest BCUT2D eigenvalue weighted by Crippen LogP contribution is -2.20. The predicted octanol–water partition coefficient (Wildman–Crippen LogP) is 3.91. The molecule has 0 spiro atoms. The number of hydrogen-bond donors (Lipinski definition) is 1. The van der Waals surface area contributed by atoms with Gasteiger partial charge < -0.3 is 14.8 Å². The lowest BCUT2D eigenvalue weighted by molar-refractivity contribution is -0.142. The van der Waals surface area contributed by atoms with Gasteiger partial charge in [-0.1, -0.05) is 11.6 Å². The molecule has 7 heteroatoms. The second-order valence-electron chi connectivity index (χ2n) is 4.81. The van der Waals surface area contributed by atoms with Crippen LogP contribution in [0.25, 0.3) is 6.08 Å². The number of aryl methyl sites for hydroxylation is 1. The van der Waals surface area contributed by atoms with Crippen molar-refractivity contribution in [1.29, 1.82) is 0 Å². The highest BCUT2D eigenvalue weighted by Crippen LogP contribution is 2.27. The Morgan fingerprint density at radius 3 is 2.75 bits per heavy atom. The molecular formula is C17H16ClNO4S. The summed E-state index contributed by atoms with van der Waals surface area (Å²) in [4.78, 5) is 24.4. The van der Waals surface area contributed by atoms with Gasteiger partial charge in [0.05, 0.1) is 12.1 Å². The summed E-state index contributed by atoms with van der Waals surface area (Å²) in [5.74, 6) is -0.522. The quantitative estimate of drug-likeness (QED) is 0.622. The first-order valence-electron chi connectivity index (χ1n) is 7.02. The highest BCUT2D eigenvalue weighted by Gasteiger charge is 2.08. The molecule has 1 heterocycles. The van der Waals surface area contributed by atoms with Crippen LogP contribution in [0.3, 0.4) is 0 Å². The predicted molar refractivity (Wildman–Crippen MR) is 95.7 cm³/mol. The highest BCUT2D eigenvalue weighted by atomic mass is 35.5. The second-order valence-corrected chi connectivity index (χ2v) is 6.16. The largest absolute Gasteiger partial charge is 0.495 e. The smallest absolute Gasteiger partial charge is 0.331 e. The van der Waals surface area contributed by atoms with Crippen molar-refractivity contribution in [3.05, 3.63) is 51.2 Å². The molecule has 0 radical (unpaired) electrons. The van der Waals surface area contributed by atoms with Gasteiger partial charge in [0.25, 0.3) is 5.91 Å². The first kappa shape index (κ1) is 18.0. The van der Waals surface area contributed by atoms with Crippen molar-refractivity contribution in [2.75, 3.05) is 19.0 Å². The molecule has 2 aromatic rings. The minimum atomic E-state index is -0.578. The number of nitrogens with one attached hydrogen (secondary N) is 1. The van der Waals surface area contributed by atoms with Gasteiger partial charge in [-0.2, -0.15) is 0 Å². The number of carbonyl (C=O) groups excluding carboxylic acids is 2. The maximum atomic E-state index is 11.8. The van der Waals surface area contributed by atoms with Crippen molar-refractivity contribution >= 4 is 46.6 Å². The zero-order valence-corrected chi connectivity index (χ0v) is 14.7. The van der Waals surface area contributed by atoms with Crippen LogP contribution in [0, 0.1) is 6.92 Å². The number of carbonyl (C=O) groups is 2. The molecule has 0 unspecified atom stereocenters. The molecule has 2 rings (SSSR count). The lowest BCUT2D eigenvalue weighted by atomic mass is 10.3. The molecule has 1 aromatic heterocycles. The Morgan fingerprint density at radius 2 is 2.12 bits per heavy atom. The van der Waals surface area contributed by atoms with Gasteiger partial charge in [-0.05, 0) is 48.2 Å². The normalized spacial score (nSPS) is 10.6. The number of hydrogen-bond acceptors (Lipinski definition) is 5. The van der Waals surface area contributed by atoms with Crippen LogP contribution in [0.5, 0.6) is 5.75 Å². The van der Waals surface area contributed by atoms with E-state index in [2.05, 4.69) is 5.32 Å². The second kappa shape index (κ2) is 8.52. The molecule has 126 valence electrons. The molecule has 1 amide bonds. The van der Waals surface area contributed by atoms with Gasteiger partial charge in [0.1, 0.15) is 5.75 Å². The minimum Gasteiger partial charge on any atom is -0.495 e. The maximum absolute atomic E-state index is 11.8. The Balaban J connectivity index is 1.82. The van der Waals surface area contributed by atoms with E-state index in [0.717, 1.165) is 10.4 Å². The van der Waals surface area contributed by atoms with Crippen molar-refractivity contribution < 1.29 is 19.1 Å². The maximum Gasteiger partial charge on any atom is 0.331 e. The average Bonchev–Trinajstić information content (AvgIpc) is 2.96. The third kappa shape index (κ3) is 5.11. The lowest BCUT2D eigenvalue weighted by Gasteiger charge is -2.08.